The van der Waals surface area contributed by atoms with E-state index >= 15 is 0 Å². The van der Waals surface area contributed by atoms with Crippen LogP contribution in [0.15, 0.2) is 15.6 Å². The molecular weight excluding hydrogens is 419 g/mol. The number of sulfone groups is 1. The van der Waals surface area contributed by atoms with Crippen LogP contribution in [0.2, 0.25) is 0 Å². The number of nitrogens with one attached hydrogen (secondary N) is 2. The number of halogens is 1. The molecule has 1 atom stereocenters. The molecule has 126 valence electrons. The first-order chi connectivity index (χ1) is 10.0. The number of nitrogens with zero attached hydrogens (tertiary/aromatic N) is 2. The smallest absolute Gasteiger partial charge is 0.191 e. The zero-order chi connectivity index (χ0) is 15.3. The first-order valence-corrected chi connectivity index (χ1v) is 9.04. The average Bonchev–Trinajstić information content (AvgIpc) is 3.02. The maximum absolute atomic E-state index is 11.5. The predicted molar refractivity (Wildman–Crippen MR) is 96.3 cm³/mol. The van der Waals surface area contributed by atoms with Crippen LogP contribution >= 0.6 is 24.0 Å². The maximum Gasteiger partial charge on any atom is 0.191 e. The Morgan fingerprint density at radius 3 is 2.82 bits per heavy atom. The van der Waals surface area contributed by atoms with Crippen molar-refractivity contribution in [3.05, 3.63) is 17.5 Å². The van der Waals surface area contributed by atoms with Crippen molar-refractivity contribution in [1.29, 1.82) is 0 Å². The largest absolute Gasteiger partial charge is 0.359 e. The Kier molecular flexibility index (Phi) is 7.60. The van der Waals surface area contributed by atoms with E-state index in [1.54, 1.807) is 0 Å². The third-order valence-corrected chi connectivity index (χ3v) is 5.05. The minimum absolute atomic E-state index is 0. The topological polar surface area (TPSA) is 96.6 Å². The van der Waals surface area contributed by atoms with Gasteiger partial charge in [-0.05, 0) is 19.8 Å². The quantitative estimate of drug-likeness (QED) is 0.403. The summed E-state index contributed by atoms with van der Waals surface area (Å²) in [7, 11) is -2.90. The first-order valence-electron chi connectivity index (χ1n) is 7.22. The van der Waals surface area contributed by atoms with E-state index in [0.717, 1.165) is 12.1 Å². The molecule has 1 unspecified atom stereocenters. The Labute approximate surface area is 148 Å². The van der Waals surface area contributed by atoms with Crippen LogP contribution in [-0.2, 0) is 22.8 Å². The summed E-state index contributed by atoms with van der Waals surface area (Å²) in [6.45, 7) is 5.06. The fourth-order valence-electron chi connectivity index (χ4n) is 2.18. The summed E-state index contributed by atoms with van der Waals surface area (Å²) in [4.78, 5) is 4.41. The molecule has 9 heteroatoms. The Morgan fingerprint density at radius 1 is 1.50 bits per heavy atom. The molecule has 22 heavy (non-hydrogen) atoms. The molecule has 1 aromatic rings. The van der Waals surface area contributed by atoms with E-state index in [1.807, 2.05) is 19.9 Å². The van der Waals surface area contributed by atoms with Gasteiger partial charge in [0.25, 0.3) is 0 Å². The van der Waals surface area contributed by atoms with Gasteiger partial charge in [-0.15, -0.1) is 24.0 Å². The molecule has 0 radical (unpaired) electrons. The lowest BCUT2D eigenvalue weighted by Crippen LogP contribution is -2.44. The van der Waals surface area contributed by atoms with Crippen LogP contribution in [0, 0.1) is 0 Å². The third-order valence-electron chi connectivity index (χ3n) is 3.28. The van der Waals surface area contributed by atoms with Gasteiger partial charge in [-0.25, -0.2) is 13.4 Å². The van der Waals surface area contributed by atoms with E-state index in [0.29, 0.717) is 31.2 Å². The number of aliphatic imine (C=N–C) groups is 1. The van der Waals surface area contributed by atoms with Crippen LogP contribution in [0.3, 0.4) is 0 Å². The van der Waals surface area contributed by atoms with Crippen molar-refractivity contribution < 1.29 is 12.9 Å². The summed E-state index contributed by atoms with van der Waals surface area (Å²) in [6.07, 6.45) is 1.44. The van der Waals surface area contributed by atoms with Crippen molar-refractivity contribution in [3.63, 3.8) is 0 Å². The molecule has 1 aliphatic heterocycles. The Bertz CT molecular complexity index is 600. The van der Waals surface area contributed by atoms with Gasteiger partial charge in [0.05, 0.1) is 17.2 Å². The standard InChI is InChI=1S/C13H22N4O3S.HI/c1-3-10-7-12(20-17-10)8-15-13(14-4-2)16-11-5-6-21(18,19)9-11;/h7,11H,3-6,8-9H2,1-2H3,(H2,14,15,16);1H. The molecule has 2 rings (SSSR count). The van der Waals surface area contributed by atoms with E-state index in [4.69, 9.17) is 4.52 Å². The highest BCUT2D eigenvalue weighted by atomic mass is 127. The molecule has 1 aromatic heterocycles. The molecule has 0 bridgehead atoms. The molecule has 2 N–H and O–H groups in total. The fourth-order valence-corrected chi connectivity index (χ4v) is 3.85. The second-order valence-electron chi connectivity index (χ2n) is 5.08. The lowest BCUT2D eigenvalue weighted by molar-refractivity contribution is 0.379. The number of hydrogen-bond acceptors (Lipinski definition) is 5. The Morgan fingerprint density at radius 2 is 2.27 bits per heavy atom. The van der Waals surface area contributed by atoms with Gasteiger partial charge >= 0.3 is 0 Å². The van der Waals surface area contributed by atoms with Crippen LogP contribution in [0.1, 0.15) is 31.7 Å². The lowest BCUT2D eigenvalue weighted by Gasteiger charge is -2.15. The Hall–Kier alpha value is -0.840. The van der Waals surface area contributed by atoms with Gasteiger partial charge < -0.3 is 15.2 Å². The average molecular weight is 442 g/mol. The molecular formula is C13H23IN4O3S. The van der Waals surface area contributed by atoms with Crippen LogP contribution in [0.5, 0.6) is 0 Å². The number of aromatic nitrogens is 1. The van der Waals surface area contributed by atoms with Crippen LogP contribution in [-0.4, -0.2) is 43.6 Å². The van der Waals surface area contributed by atoms with E-state index in [2.05, 4.69) is 20.8 Å². The first kappa shape index (κ1) is 19.2. The highest BCUT2D eigenvalue weighted by molar-refractivity contribution is 14.0. The van der Waals surface area contributed by atoms with Crippen LogP contribution in [0.25, 0.3) is 0 Å². The van der Waals surface area contributed by atoms with Crippen molar-refractivity contribution in [2.24, 2.45) is 4.99 Å². The number of aryl methyl sites for hydroxylation is 1. The summed E-state index contributed by atoms with van der Waals surface area (Å²) in [5, 5.41) is 10.2. The maximum atomic E-state index is 11.5. The predicted octanol–water partition coefficient (Wildman–Crippen LogP) is 1.10. The second-order valence-corrected chi connectivity index (χ2v) is 7.31. The molecule has 1 saturated heterocycles. The van der Waals surface area contributed by atoms with Crippen molar-refractivity contribution in [3.8, 4) is 0 Å². The monoisotopic (exact) mass is 442 g/mol. The van der Waals surface area contributed by atoms with Crippen molar-refractivity contribution in [2.75, 3.05) is 18.1 Å². The molecule has 1 fully saturated rings. The summed E-state index contributed by atoms with van der Waals surface area (Å²) in [5.41, 5.74) is 0.903. The second kappa shape index (κ2) is 8.70. The minimum atomic E-state index is -2.90. The summed E-state index contributed by atoms with van der Waals surface area (Å²) in [5.74, 6) is 1.71. The normalized spacial score (nSPS) is 20.5. The Balaban J connectivity index is 0.00000242. The van der Waals surface area contributed by atoms with Gasteiger partial charge in [0, 0.05) is 18.7 Å². The van der Waals surface area contributed by atoms with Gasteiger partial charge in [0.1, 0.15) is 6.54 Å². The van der Waals surface area contributed by atoms with Gasteiger partial charge in [-0.2, -0.15) is 0 Å². The third kappa shape index (κ3) is 5.75. The zero-order valence-corrected chi connectivity index (χ0v) is 16.0. The van der Waals surface area contributed by atoms with Crippen molar-refractivity contribution >= 4 is 39.8 Å². The molecule has 2 heterocycles. The zero-order valence-electron chi connectivity index (χ0n) is 12.8. The van der Waals surface area contributed by atoms with Crippen LogP contribution < -0.4 is 10.6 Å². The van der Waals surface area contributed by atoms with Gasteiger partial charge in [-0.3, -0.25) is 0 Å². The SMILES string of the molecule is CCNC(=NCc1cc(CC)no1)NC1CCS(=O)(=O)C1.I. The van der Waals surface area contributed by atoms with Crippen LogP contribution in [0.4, 0.5) is 0 Å². The number of hydrogen-bond donors (Lipinski definition) is 2. The van der Waals surface area contributed by atoms with Gasteiger partial charge in [0.2, 0.25) is 0 Å². The summed E-state index contributed by atoms with van der Waals surface area (Å²) in [6, 6.07) is 1.81. The van der Waals surface area contributed by atoms with E-state index < -0.39 is 9.84 Å². The molecule has 0 aliphatic carbocycles. The van der Waals surface area contributed by atoms with E-state index in [9.17, 15) is 8.42 Å². The highest BCUT2D eigenvalue weighted by Gasteiger charge is 2.28. The lowest BCUT2D eigenvalue weighted by atomic mass is 10.3. The fraction of sp³-hybridized carbons (Fsp3) is 0.692. The van der Waals surface area contributed by atoms with E-state index in [1.165, 1.54) is 0 Å². The summed E-state index contributed by atoms with van der Waals surface area (Å²) < 4.78 is 28.1. The highest BCUT2D eigenvalue weighted by Crippen LogP contribution is 2.11. The molecule has 0 saturated carbocycles. The minimum Gasteiger partial charge on any atom is -0.359 e. The molecule has 0 spiro atoms. The number of guanidine groups is 1. The van der Waals surface area contributed by atoms with Crippen molar-refractivity contribution in [2.45, 2.75) is 39.3 Å². The number of rotatable bonds is 5. The summed E-state index contributed by atoms with van der Waals surface area (Å²) >= 11 is 0. The van der Waals surface area contributed by atoms with E-state index in [-0.39, 0.29) is 41.5 Å². The molecule has 0 amide bonds. The van der Waals surface area contributed by atoms with Crippen molar-refractivity contribution in [1.82, 2.24) is 15.8 Å². The molecule has 0 aromatic carbocycles. The van der Waals surface area contributed by atoms with Gasteiger partial charge in [0.15, 0.2) is 21.6 Å². The molecule has 7 nitrogen and oxygen atoms in total. The van der Waals surface area contributed by atoms with Gasteiger partial charge in [-0.1, -0.05) is 12.1 Å². The molecule has 1 aliphatic rings.